The van der Waals surface area contributed by atoms with Gasteiger partial charge in [-0.3, -0.25) is 19.5 Å². The smallest absolute Gasteiger partial charge is 0.300 e. The third kappa shape index (κ3) is 3.31. The molecule has 0 saturated carbocycles. The van der Waals surface area contributed by atoms with Gasteiger partial charge in [0.15, 0.2) is 0 Å². The van der Waals surface area contributed by atoms with Crippen LogP contribution in [0.25, 0.3) is 5.76 Å². The molecule has 5 nitrogen and oxygen atoms in total. The van der Waals surface area contributed by atoms with Crippen molar-refractivity contribution >= 4 is 23.1 Å². The summed E-state index contributed by atoms with van der Waals surface area (Å²) in [7, 11) is 0. The molecule has 4 rings (SSSR count). The molecule has 1 aliphatic rings. The standard InChI is InChI=1S/C24H20N2O3/c1-2-16-8-10-19(11-9-16)26-21(17-12-14-25-15-13-17)20(23(28)24(26)29)22(27)18-6-4-3-5-7-18/h3-15,21,27H,2H2,1H3/b22-20-. The molecule has 1 aliphatic heterocycles. The zero-order chi connectivity index (χ0) is 20.4. The van der Waals surface area contributed by atoms with Crippen LogP contribution in [0, 0.1) is 0 Å². The Balaban J connectivity index is 1.91. The number of pyridine rings is 1. The fraction of sp³-hybridized carbons (Fsp3) is 0.125. The molecule has 0 bridgehead atoms. The number of amides is 1. The Morgan fingerprint density at radius 1 is 0.966 bits per heavy atom. The molecule has 1 atom stereocenters. The highest BCUT2D eigenvalue weighted by Gasteiger charge is 2.46. The third-order valence-corrected chi connectivity index (χ3v) is 5.14. The van der Waals surface area contributed by atoms with E-state index in [0.29, 0.717) is 16.8 Å². The first-order valence-electron chi connectivity index (χ1n) is 9.47. The second-order valence-electron chi connectivity index (χ2n) is 6.84. The molecule has 0 aliphatic carbocycles. The van der Waals surface area contributed by atoms with E-state index < -0.39 is 17.7 Å². The number of aryl methyl sites for hydroxylation is 1. The fourth-order valence-electron chi connectivity index (χ4n) is 3.60. The van der Waals surface area contributed by atoms with Crippen molar-refractivity contribution in [3.05, 3.63) is 101 Å². The Morgan fingerprint density at radius 2 is 1.62 bits per heavy atom. The summed E-state index contributed by atoms with van der Waals surface area (Å²) in [6, 6.07) is 19.1. The maximum absolute atomic E-state index is 13.0. The van der Waals surface area contributed by atoms with Crippen LogP contribution in [0.15, 0.2) is 84.7 Å². The Hall–Kier alpha value is -3.73. The Morgan fingerprint density at radius 3 is 2.24 bits per heavy atom. The van der Waals surface area contributed by atoms with Crippen LogP contribution in [0.5, 0.6) is 0 Å². The predicted molar refractivity (Wildman–Crippen MR) is 111 cm³/mol. The Kier molecular flexibility index (Phi) is 4.96. The lowest BCUT2D eigenvalue weighted by atomic mass is 9.96. The lowest BCUT2D eigenvalue weighted by molar-refractivity contribution is -0.132. The van der Waals surface area contributed by atoms with Gasteiger partial charge >= 0.3 is 0 Å². The number of aliphatic hydroxyl groups is 1. The molecule has 1 fully saturated rings. The van der Waals surface area contributed by atoms with Crippen molar-refractivity contribution in [2.24, 2.45) is 0 Å². The van der Waals surface area contributed by atoms with Crippen LogP contribution in [0.2, 0.25) is 0 Å². The number of nitrogens with zero attached hydrogens (tertiary/aromatic N) is 2. The molecule has 144 valence electrons. The van der Waals surface area contributed by atoms with Gasteiger partial charge in [-0.25, -0.2) is 0 Å². The van der Waals surface area contributed by atoms with Crippen LogP contribution in [-0.2, 0) is 16.0 Å². The van der Waals surface area contributed by atoms with Gasteiger partial charge in [-0.1, -0.05) is 49.4 Å². The first kappa shape index (κ1) is 18.6. The minimum Gasteiger partial charge on any atom is -0.507 e. The zero-order valence-corrected chi connectivity index (χ0v) is 15.9. The van der Waals surface area contributed by atoms with E-state index in [4.69, 9.17) is 0 Å². The van der Waals surface area contributed by atoms with Gasteiger partial charge in [0.25, 0.3) is 11.7 Å². The van der Waals surface area contributed by atoms with E-state index in [9.17, 15) is 14.7 Å². The Bertz CT molecular complexity index is 1070. The second-order valence-corrected chi connectivity index (χ2v) is 6.84. The topological polar surface area (TPSA) is 70.5 Å². The van der Waals surface area contributed by atoms with Crippen LogP contribution in [0.4, 0.5) is 5.69 Å². The molecule has 1 aromatic heterocycles. The van der Waals surface area contributed by atoms with Gasteiger partial charge in [0.05, 0.1) is 11.6 Å². The minimum absolute atomic E-state index is 0.0759. The average molecular weight is 384 g/mol. The van der Waals surface area contributed by atoms with E-state index in [0.717, 1.165) is 12.0 Å². The molecule has 1 unspecified atom stereocenters. The van der Waals surface area contributed by atoms with Crippen molar-refractivity contribution < 1.29 is 14.7 Å². The van der Waals surface area contributed by atoms with Crippen LogP contribution >= 0.6 is 0 Å². The maximum Gasteiger partial charge on any atom is 0.300 e. The molecule has 0 spiro atoms. The summed E-state index contributed by atoms with van der Waals surface area (Å²) in [6.07, 6.45) is 4.09. The van der Waals surface area contributed by atoms with Gasteiger partial charge in [0.1, 0.15) is 5.76 Å². The van der Waals surface area contributed by atoms with Gasteiger partial charge in [-0.15, -0.1) is 0 Å². The summed E-state index contributed by atoms with van der Waals surface area (Å²) in [5, 5.41) is 11.0. The first-order chi connectivity index (χ1) is 14.1. The molecule has 29 heavy (non-hydrogen) atoms. The van der Waals surface area contributed by atoms with Crippen molar-refractivity contribution in [2.75, 3.05) is 4.90 Å². The maximum atomic E-state index is 13.0. The Labute approximate surface area is 169 Å². The number of rotatable bonds is 4. The van der Waals surface area contributed by atoms with Crippen molar-refractivity contribution in [1.82, 2.24) is 4.98 Å². The van der Waals surface area contributed by atoms with Gasteiger partial charge in [0, 0.05) is 23.6 Å². The average Bonchev–Trinajstić information content (AvgIpc) is 3.05. The van der Waals surface area contributed by atoms with Crippen LogP contribution in [0.1, 0.15) is 29.7 Å². The second kappa shape index (κ2) is 7.72. The monoisotopic (exact) mass is 384 g/mol. The van der Waals surface area contributed by atoms with E-state index in [-0.39, 0.29) is 11.3 Å². The van der Waals surface area contributed by atoms with E-state index in [2.05, 4.69) is 11.9 Å². The van der Waals surface area contributed by atoms with Crippen LogP contribution < -0.4 is 4.90 Å². The molecule has 1 saturated heterocycles. The summed E-state index contributed by atoms with van der Waals surface area (Å²) in [4.78, 5) is 31.5. The zero-order valence-electron chi connectivity index (χ0n) is 15.9. The largest absolute Gasteiger partial charge is 0.507 e. The van der Waals surface area contributed by atoms with Gasteiger partial charge in [-0.2, -0.15) is 0 Å². The summed E-state index contributed by atoms with van der Waals surface area (Å²) >= 11 is 0. The van der Waals surface area contributed by atoms with E-state index in [1.165, 1.54) is 4.90 Å². The van der Waals surface area contributed by atoms with Crippen molar-refractivity contribution in [2.45, 2.75) is 19.4 Å². The van der Waals surface area contributed by atoms with E-state index in [1.54, 1.807) is 48.8 Å². The molecule has 1 amide bonds. The lowest BCUT2D eigenvalue weighted by Crippen LogP contribution is -2.29. The number of hydrogen-bond donors (Lipinski definition) is 1. The highest BCUT2D eigenvalue weighted by Crippen LogP contribution is 2.41. The number of aromatic nitrogens is 1. The van der Waals surface area contributed by atoms with E-state index in [1.807, 2.05) is 30.3 Å². The molecule has 2 aromatic carbocycles. The molecular formula is C24H20N2O3. The SMILES string of the molecule is CCc1ccc(N2C(=O)C(=O)/C(=C(\O)c3ccccc3)C2c2ccncc2)cc1. The number of aliphatic hydroxyl groups excluding tert-OH is 1. The summed E-state index contributed by atoms with van der Waals surface area (Å²) in [5.74, 6) is -1.54. The molecule has 1 N–H and O–H groups in total. The number of ketones is 1. The van der Waals surface area contributed by atoms with Crippen molar-refractivity contribution in [3.8, 4) is 0 Å². The summed E-state index contributed by atoms with van der Waals surface area (Å²) in [6.45, 7) is 2.05. The number of carbonyl (C=O) groups excluding carboxylic acids is 2. The number of benzene rings is 2. The van der Waals surface area contributed by atoms with Gasteiger partial charge in [0.2, 0.25) is 0 Å². The summed E-state index contributed by atoms with van der Waals surface area (Å²) < 4.78 is 0. The third-order valence-electron chi connectivity index (χ3n) is 5.14. The highest BCUT2D eigenvalue weighted by atomic mass is 16.3. The van der Waals surface area contributed by atoms with Gasteiger partial charge < -0.3 is 5.11 Å². The number of hydrogen-bond acceptors (Lipinski definition) is 4. The first-order valence-corrected chi connectivity index (χ1v) is 9.47. The predicted octanol–water partition coefficient (Wildman–Crippen LogP) is 4.27. The van der Waals surface area contributed by atoms with Crippen molar-refractivity contribution in [3.63, 3.8) is 0 Å². The molecule has 3 aromatic rings. The number of carbonyl (C=O) groups is 2. The van der Waals surface area contributed by atoms with Gasteiger partial charge in [-0.05, 0) is 41.8 Å². The fourth-order valence-corrected chi connectivity index (χ4v) is 3.60. The number of Topliss-reactive ketones (excluding diaryl/α,β-unsaturated/α-hetero) is 1. The number of anilines is 1. The highest BCUT2D eigenvalue weighted by molar-refractivity contribution is 6.51. The molecular weight excluding hydrogens is 364 g/mol. The molecule has 0 radical (unpaired) electrons. The lowest BCUT2D eigenvalue weighted by Gasteiger charge is -2.25. The summed E-state index contributed by atoms with van der Waals surface area (Å²) in [5.41, 5.74) is 3.02. The van der Waals surface area contributed by atoms with E-state index >= 15 is 0 Å². The normalized spacial score (nSPS) is 18.2. The van der Waals surface area contributed by atoms with Crippen LogP contribution in [-0.4, -0.2) is 21.8 Å². The molecule has 5 heteroatoms. The minimum atomic E-state index is -0.731. The van der Waals surface area contributed by atoms with Crippen molar-refractivity contribution in [1.29, 1.82) is 0 Å². The van der Waals surface area contributed by atoms with Crippen LogP contribution in [0.3, 0.4) is 0 Å². The molecule has 2 heterocycles. The quantitative estimate of drug-likeness (QED) is 0.414.